The number of nitrogens with zero attached hydrogens (tertiary/aromatic N) is 1. The van der Waals surface area contributed by atoms with Gasteiger partial charge in [0, 0.05) is 0 Å². The van der Waals surface area contributed by atoms with E-state index in [-0.39, 0.29) is 12.5 Å². The van der Waals surface area contributed by atoms with Crippen molar-refractivity contribution in [3.63, 3.8) is 0 Å². The van der Waals surface area contributed by atoms with Crippen LogP contribution in [0.15, 0.2) is 30.3 Å². The second kappa shape index (κ2) is 6.76. The van der Waals surface area contributed by atoms with Crippen molar-refractivity contribution in [2.45, 2.75) is 13.0 Å². The lowest BCUT2D eigenvalue weighted by Gasteiger charge is -2.25. The van der Waals surface area contributed by atoms with Crippen molar-refractivity contribution >= 4 is 11.9 Å². The minimum Gasteiger partial charge on any atom is -0.465 e. The quantitative estimate of drug-likeness (QED) is 0.755. The molecule has 0 heterocycles. The van der Waals surface area contributed by atoms with Crippen LogP contribution in [0.4, 0.5) is 0 Å². The number of nitrogens with two attached hydrogens (primary N) is 1. The lowest BCUT2D eigenvalue weighted by Crippen LogP contribution is -2.38. The Morgan fingerprint density at radius 1 is 1.33 bits per heavy atom. The van der Waals surface area contributed by atoms with Gasteiger partial charge in [-0.15, -0.1) is 0 Å². The molecule has 0 bridgehead atoms. The standard InChI is InChI=1S/C13H18N2O3/c1-3-18-13(17)12(15(2)9-11(14)16)10-7-5-4-6-8-10/h4-8,12H,3,9H2,1-2H3,(H2,14,16). The number of carbonyl (C=O) groups excluding carboxylic acids is 2. The Bertz CT molecular complexity index is 406. The smallest absolute Gasteiger partial charge is 0.328 e. The monoisotopic (exact) mass is 250 g/mol. The van der Waals surface area contributed by atoms with Gasteiger partial charge < -0.3 is 10.5 Å². The highest BCUT2D eigenvalue weighted by atomic mass is 16.5. The second-order valence-corrected chi connectivity index (χ2v) is 3.95. The molecule has 98 valence electrons. The van der Waals surface area contributed by atoms with E-state index in [2.05, 4.69) is 0 Å². The lowest BCUT2D eigenvalue weighted by molar-refractivity contribution is -0.149. The van der Waals surface area contributed by atoms with Crippen LogP contribution in [0.3, 0.4) is 0 Å². The van der Waals surface area contributed by atoms with Crippen LogP contribution in [0.25, 0.3) is 0 Å². The van der Waals surface area contributed by atoms with Gasteiger partial charge in [0.05, 0.1) is 13.2 Å². The topological polar surface area (TPSA) is 72.6 Å². The molecule has 1 rings (SSSR count). The third kappa shape index (κ3) is 3.85. The van der Waals surface area contributed by atoms with Crippen LogP contribution in [0.5, 0.6) is 0 Å². The normalized spacial score (nSPS) is 12.2. The van der Waals surface area contributed by atoms with Crippen LogP contribution in [-0.2, 0) is 14.3 Å². The maximum atomic E-state index is 12.0. The van der Waals surface area contributed by atoms with E-state index in [4.69, 9.17) is 10.5 Å². The number of carbonyl (C=O) groups is 2. The maximum Gasteiger partial charge on any atom is 0.328 e. The van der Waals surface area contributed by atoms with E-state index in [9.17, 15) is 9.59 Å². The first-order chi connectivity index (χ1) is 8.56. The SMILES string of the molecule is CCOC(=O)C(c1ccccc1)N(C)CC(N)=O. The first-order valence-corrected chi connectivity index (χ1v) is 5.76. The van der Waals surface area contributed by atoms with E-state index in [0.29, 0.717) is 6.61 Å². The van der Waals surface area contributed by atoms with E-state index in [0.717, 1.165) is 5.56 Å². The molecule has 1 aromatic rings. The maximum absolute atomic E-state index is 12.0. The van der Waals surface area contributed by atoms with E-state index >= 15 is 0 Å². The average Bonchev–Trinajstić information content (AvgIpc) is 2.30. The summed E-state index contributed by atoms with van der Waals surface area (Å²) < 4.78 is 5.03. The third-order valence-electron chi connectivity index (χ3n) is 2.47. The predicted octanol–water partition coefficient (Wildman–Crippen LogP) is 0.708. The molecular weight excluding hydrogens is 232 g/mol. The van der Waals surface area contributed by atoms with Crippen LogP contribution in [0, 0.1) is 0 Å². The van der Waals surface area contributed by atoms with Gasteiger partial charge in [0.1, 0.15) is 6.04 Å². The summed E-state index contributed by atoms with van der Waals surface area (Å²) in [5.74, 6) is -0.866. The molecule has 1 amide bonds. The Balaban J connectivity index is 2.95. The highest BCUT2D eigenvalue weighted by molar-refractivity contribution is 5.80. The van der Waals surface area contributed by atoms with E-state index < -0.39 is 11.9 Å². The predicted molar refractivity (Wildman–Crippen MR) is 67.6 cm³/mol. The van der Waals surface area contributed by atoms with E-state index in [1.165, 1.54) is 0 Å². The van der Waals surface area contributed by atoms with Crippen molar-refractivity contribution in [3.05, 3.63) is 35.9 Å². The second-order valence-electron chi connectivity index (χ2n) is 3.95. The zero-order chi connectivity index (χ0) is 13.5. The van der Waals surface area contributed by atoms with Crippen molar-refractivity contribution < 1.29 is 14.3 Å². The fourth-order valence-electron chi connectivity index (χ4n) is 1.76. The Hall–Kier alpha value is -1.88. The zero-order valence-electron chi connectivity index (χ0n) is 10.6. The molecule has 1 aromatic carbocycles. The van der Waals surface area contributed by atoms with Crippen LogP contribution in [0.1, 0.15) is 18.5 Å². The Morgan fingerprint density at radius 3 is 2.44 bits per heavy atom. The summed E-state index contributed by atoms with van der Waals surface area (Å²) in [6.45, 7) is 2.04. The minimum atomic E-state index is -0.612. The largest absolute Gasteiger partial charge is 0.465 e. The Morgan fingerprint density at radius 2 is 1.94 bits per heavy atom. The van der Waals surface area contributed by atoms with Crippen molar-refractivity contribution in [1.29, 1.82) is 0 Å². The molecule has 18 heavy (non-hydrogen) atoms. The van der Waals surface area contributed by atoms with Gasteiger partial charge in [0.15, 0.2) is 0 Å². The van der Waals surface area contributed by atoms with Gasteiger partial charge >= 0.3 is 5.97 Å². The molecule has 0 fully saturated rings. The number of esters is 1. The summed E-state index contributed by atoms with van der Waals surface area (Å²) in [5.41, 5.74) is 5.93. The highest BCUT2D eigenvalue weighted by Crippen LogP contribution is 2.20. The highest BCUT2D eigenvalue weighted by Gasteiger charge is 2.27. The molecule has 0 spiro atoms. The van der Waals surface area contributed by atoms with Gasteiger partial charge in [0.2, 0.25) is 5.91 Å². The summed E-state index contributed by atoms with van der Waals surface area (Å²) in [5, 5.41) is 0. The first kappa shape index (κ1) is 14.2. The summed E-state index contributed by atoms with van der Waals surface area (Å²) in [4.78, 5) is 24.5. The molecule has 5 heteroatoms. The zero-order valence-corrected chi connectivity index (χ0v) is 10.6. The van der Waals surface area contributed by atoms with Gasteiger partial charge in [-0.3, -0.25) is 9.69 Å². The molecule has 5 nitrogen and oxygen atoms in total. The molecule has 0 radical (unpaired) electrons. The minimum absolute atomic E-state index is 0.00161. The fraction of sp³-hybridized carbons (Fsp3) is 0.385. The van der Waals surface area contributed by atoms with Crippen molar-refractivity contribution in [2.75, 3.05) is 20.2 Å². The molecule has 1 unspecified atom stereocenters. The van der Waals surface area contributed by atoms with Crippen LogP contribution in [0.2, 0.25) is 0 Å². The number of primary amides is 1. The molecule has 0 aliphatic rings. The van der Waals surface area contributed by atoms with Crippen molar-refractivity contribution in [2.24, 2.45) is 5.73 Å². The summed E-state index contributed by atoms with van der Waals surface area (Å²) in [6.07, 6.45) is 0. The Labute approximate surface area is 107 Å². The number of ether oxygens (including phenoxy) is 1. The number of hydrogen-bond donors (Lipinski definition) is 1. The van der Waals surface area contributed by atoms with Crippen molar-refractivity contribution in [1.82, 2.24) is 4.90 Å². The lowest BCUT2D eigenvalue weighted by atomic mass is 10.1. The van der Waals surface area contributed by atoms with Gasteiger partial charge in [0.25, 0.3) is 0 Å². The third-order valence-corrected chi connectivity index (χ3v) is 2.47. The average molecular weight is 250 g/mol. The van der Waals surface area contributed by atoms with Crippen LogP contribution >= 0.6 is 0 Å². The molecule has 2 N–H and O–H groups in total. The number of amides is 1. The van der Waals surface area contributed by atoms with E-state index in [1.54, 1.807) is 18.9 Å². The van der Waals surface area contributed by atoms with Crippen molar-refractivity contribution in [3.8, 4) is 0 Å². The van der Waals surface area contributed by atoms with Gasteiger partial charge in [-0.05, 0) is 19.5 Å². The van der Waals surface area contributed by atoms with Crippen LogP contribution in [-0.4, -0.2) is 37.0 Å². The number of likely N-dealkylation sites (N-methyl/N-ethyl adjacent to an activating group) is 1. The van der Waals surface area contributed by atoms with Gasteiger partial charge in [-0.1, -0.05) is 30.3 Å². The Kier molecular flexibility index (Phi) is 5.32. The molecule has 1 atom stereocenters. The fourth-order valence-corrected chi connectivity index (χ4v) is 1.76. The first-order valence-electron chi connectivity index (χ1n) is 5.76. The molecule has 0 aromatic heterocycles. The summed E-state index contributed by atoms with van der Waals surface area (Å²) in [6, 6.07) is 8.55. The van der Waals surface area contributed by atoms with Crippen LogP contribution < -0.4 is 5.73 Å². The van der Waals surface area contributed by atoms with Gasteiger partial charge in [-0.2, -0.15) is 0 Å². The molecule has 0 saturated heterocycles. The van der Waals surface area contributed by atoms with E-state index in [1.807, 2.05) is 30.3 Å². The molecule has 0 aliphatic carbocycles. The van der Waals surface area contributed by atoms with Gasteiger partial charge in [-0.25, -0.2) is 4.79 Å². The summed E-state index contributed by atoms with van der Waals surface area (Å²) >= 11 is 0. The summed E-state index contributed by atoms with van der Waals surface area (Å²) in [7, 11) is 1.67. The number of benzene rings is 1. The molecule has 0 aliphatic heterocycles. The number of rotatable bonds is 6. The molecule has 0 saturated carbocycles. The molecular formula is C13H18N2O3. The number of hydrogen-bond acceptors (Lipinski definition) is 4.